The number of amides is 1. The van der Waals surface area contributed by atoms with Crippen LogP contribution in [0.3, 0.4) is 0 Å². The Labute approximate surface area is 171 Å². The van der Waals surface area contributed by atoms with Crippen LogP contribution in [0.15, 0.2) is 72.8 Å². The van der Waals surface area contributed by atoms with Crippen molar-refractivity contribution in [2.75, 3.05) is 4.90 Å². The predicted molar refractivity (Wildman–Crippen MR) is 109 cm³/mol. The topological polar surface area (TPSA) is 57.6 Å². The summed E-state index contributed by atoms with van der Waals surface area (Å²) in [6, 6.07) is 19.9. The summed E-state index contributed by atoms with van der Waals surface area (Å²) in [7, 11) is 0. The molecular formula is C22H15Cl2NO3. The van der Waals surface area contributed by atoms with Gasteiger partial charge in [-0.2, -0.15) is 0 Å². The van der Waals surface area contributed by atoms with E-state index < -0.39 is 17.9 Å². The number of halogens is 2. The molecular weight excluding hydrogens is 397 g/mol. The Balaban J connectivity index is 2.01. The van der Waals surface area contributed by atoms with Crippen LogP contribution in [0.5, 0.6) is 0 Å². The van der Waals surface area contributed by atoms with E-state index in [1.807, 2.05) is 6.07 Å². The molecule has 1 aliphatic heterocycles. The number of carbonyl (C=O) groups excluding carboxylic acids is 1. The van der Waals surface area contributed by atoms with Crippen molar-refractivity contribution < 1.29 is 14.7 Å². The summed E-state index contributed by atoms with van der Waals surface area (Å²) in [6.45, 7) is 0. The van der Waals surface area contributed by atoms with Gasteiger partial charge in [0, 0.05) is 21.3 Å². The zero-order valence-electron chi connectivity index (χ0n) is 14.5. The molecule has 3 aromatic rings. The maximum absolute atomic E-state index is 13.4. The SMILES string of the molecule is O=C(O)[C@@H]1c2ccccc2C(=O)N(c2ccccc2)[C@H]1c1ccc(Cl)cc1Cl. The smallest absolute Gasteiger partial charge is 0.313 e. The summed E-state index contributed by atoms with van der Waals surface area (Å²) in [5, 5.41) is 10.9. The fourth-order valence-corrected chi connectivity index (χ4v) is 4.25. The monoisotopic (exact) mass is 411 g/mol. The summed E-state index contributed by atoms with van der Waals surface area (Å²) in [6.07, 6.45) is 0. The first-order valence-electron chi connectivity index (χ1n) is 8.64. The van der Waals surface area contributed by atoms with E-state index >= 15 is 0 Å². The second-order valence-corrected chi connectivity index (χ2v) is 7.37. The summed E-state index contributed by atoms with van der Waals surface area (Å²) < 4.78 is 0. The van der Waals surface area contributed by atoms with Crippen LogP contribution in [0.1, 0.15) is 33.4 Å². The Morgan fingerprint density at radius 2 is 1.57 bits per heavy atom. The number of carboxylic acid groups (broad SMARTS) is 1. The van der Waals surface area contributed by atoms with Crippen LogP contribution in [0, 0.1) is 0 Å². The van der Waals surface area contributed by atoms with Gasteiger partial charge in [0.25, 0.3) is 5.91 Å². The number of rotatable bonds is 3. The molecule has 0 radical (unpaired) electrons. The zero-order chi connectivity index (χ0) is 19.8. The molecule has 0 aliphatic carbocycles. The van der Waals surface area contributed by atoms with E-state index in [-0.39, 0.29) is 5.91 Å². The number of nitrogens with zero attached hydrogens (tertiary/aromatic N) is 1. The van der Waals surface area contributed by atoms with E-state index in [4.69, 9.17) is 23.2 Å². The zero-order valence-corrected chi connectivity index (χ0v) is 16.1. The van der Waals surface area contributed by atoms with Gasteiger partial charge in [-0.3, -0.25) is 14.5 Å². The molecule has 0 spiro atoms. The van der Waals surface area contributed by atoms with Crippen molar-refractivity contribution in [3.05, 3.63) is 99.5 Å². The number of hydrogen-bond acceptors (Lipinski definition) is 2. The minimum absolute atomic E-state index is 0.268. The molecule has 0 unspecified atom stereocenters. The van der Waals surface area contributed by atoms with E-state index in [0.717, 1.165) is 0 Å². The van der Waals surface area contributed by atoms with Crippen molar-refractivity contribution in [3.8, 4) is 0 Å². The number of anilines is 1. The third kappa shape index (κ3) is 3.05. The normalized spacial score (nSPS) is 18.6. The van der Waals surface area contributed by atoms with Crippen molar-refractivity contribution in [1.29, 1.82) is 0 Å². The lowest BCUT2D eigenvalue weighted by Crippen LogP contribution is -2.45. The first-order chi connectivity index (χ1) is 13.5. The van der Waals surface area contributed by atoms with Gasteiger partial charge in [-0.15, -0.1) is 0 Å². The van der Waals surface area contributed by atoms with Crippen molar-refractivity contribution in [1.82, 2.24) is 0 Å². The van der Waals surface area contributed by atoms with Crippen LogP contribution < -0.4 is 4.90 Å². The van der Waals surface area contributed by atoms with Crippen LogP contribution in [0.2, 0.25) is 10.0 Å². The van der Waals surface area contributed by atoms with E-state index in [1.165, 1.54) is 4.90 Å². The molecule has 0 saturated carbocycles. The Morgan fingerprint density at radius 3 is 2.25 bits per heavy atom. The van der Waals surface area contributed by atoms with Crippen LogP contribution in [-0.2, 0) is 4.79 Å². The first-order valence-corrected chi connectivity index (χ1v) is 9.40. The molecule has 6 heteroatoms. The molecule has 4 rings (SSSR count). The molecule has 3 aromatic carbocycles. The highest BCUT2D eigenvalue weighted by atomic mass is 35.5. The molecule has 0 fully saturated rings. The fourth-order valence-electron chi connectivity index (χ4n) is 3.73. The van der Waals surface area contributed by atoms with E-state index in [1.54, 1.807) is 66.7 Å². The molecule has 140 valence electrons. The van der Waals surface area contributed by atoms with Crippen LogP contribution in [0.25, 0.3) is 0 Å². The molecule has 1 aliphatic rings. The minimum atomic E-state index is -1.03. The molecule has 1 amide bonds. The van der Waals surface area contributed by atoms with Gasteiger partial charge in [-0.05, 0) is 41.5 Å². The van der Waals surface area contributed by atoms with E-state index in [9.17, 15) is 14.7 Å². The number of para-hydroxylation sites is 1. The van der Waals surface area contributed by atoms with Crippen molar-refractivity contribution in [3.63, 3.8) is 0 Å². The molecule has 0 saturated heterocycles. The first kappa shape index (κ1) is 18.5. The van der Waals surface area contributed by atoms with Gasteiger partial charge in [-0.1, -0.05) is 65.7 Å². The number of fused-ring (bicyclic) bond motifs is 1. The minimum Gasteiger partial charge on any atom is -0.481 e. The largest absolute Gasteiger partial charge is 0.481 e. The summed E-state index contributed by atoms with van der Waals surface area (Å²) in [4.78, 5) is 27.3. The lowest BCUT2D eigenvalue weighted by Gasteiger charge is -2.41. The second kappa shape index (κ2) is 7.30. The fraction of sp³-hybridized carbons (Fsp3) is 0.0909. The third-order valence-corrected chi connectivity index (χ3v) is 5.48. The van der Waals surface area contributed by atoms with Gasteiger partial charge in [0.1, 0.15) is 5.92 Å². The lowest BCUT2D eigenvalue weighted by atomic mass is 9.79. The standard InChI is InChI=1S/C22H15Cl2NO3/c23-13-10-11-17(18(24)12-13)20-19(22(27)28)15-8-4-5-9-16(15)21(26)25(20)14-6-2-1-3-7-14/h1-12,19-20H,(H,27,28)/t19-,20+/m1/s1. The third-order valence-electron chi connectivity index (χ3n) is 4.92. The number of carbonyl (C=O) groups is 2. The van der Waals surface area contributed by atoms with Crippen molar-refractivity contribution in [2.45, 2.75) is 12.0 Å². The van der Waals surface area contributed by atoms with Gasteiger partial charge in [0.15, 0.2) is 0 Å². The Hall–Kier alpha value is -2.82. The molecule has 28 heavy (non-hydrogen) atoms. The Kier molecular flexibility index (Phi) is 4.84. The molecule has 1 heterocycles. The Morgan fingerprint density at radius 1 is 0.893 bits per heavy atom. The summed E-state index contributed by atoms with van der Waals surface area (Å²) in [5.41, 5.74) is 1.98. The highest BCUT2D eigenvalue weighted by Gasteiger charge is 2.45. The highest BCUT2D eigenvalue weighted by Crippen LogP contribution is 2.46. The van der Waals surface area contributed by atoms with E-state index in [0.29, 0.717) is 32.4 Å². The second-order valence-electron chi connectivity index (χ2n) is 6.52. The van der Waals surface area contributed by atoms with Crippen LogP contribution in [0.4, 0.5) is 5.69 Å². The lowest BCUT2D eigenvalue weighted by molar-refractivity contribution is -0.139. The molecule has 2 atom stereocenters. The number of hydrogen-bond donors (Lipinski definition) is 1. The maximum Gasteiger partial charge on any atom is 0.313 e. The average molecular weight is 412 g/mol. The molecule has 0 bridgehead atoms. The molecule has 0 aromatic heterocycles. The number of carboxylic acids is 1. The van der Waals surface area contributed by atoms with Crippen LogP contribution in [-0.4, -0.2) is 17.0 Å². The summed E-state index contributed by atoms with van der Waals surface area (Å²) in [5.74, 6) is -2.28. The highest BCUT2D eigenvalue weighted by molar-refractivity contribution is 6.35. The summed E-state index contributed by atoms with van der Waals surface area (Å²) >= 11 is 12.5. The average Bonchev–Trinajstić information content (AvgIpc) is 2.68. The van der Waals surface area contributed by atoms with E-state index in [2.05, 4.69) is 0 Å². The predicted octanol–water partition coefficient (Wildman–Crippen LogP) is 5.56. The maximum atomic E-state index is 13.4. The van der Waals surface area contributed by atoms with Gasteiger partial charge in [0.2, 0.25) is 0 Å². The van der Waals surface area contributed by atoms with Crippen LogP contribution >= 0.6 is 23.2 Å². The quantitative estimate of drug-likeness (QED) is 0.613. The number of benzene rings is 3. The molecule has 4 nitrogen and oxygen atoms in total. The van der Waals surface area contributed by atoms with Crippen molar-refractivity contribution >= 4 is 40.8 Å². The van der Waals surface area contributed by atoms with Gasteiger partial charge in [-0.25, -0.2) is 0 Å². The Bertz CT molecular complexity index is 1070. The number of aliphatic carboxylic acids is 1. The van der Waals surface area contributed by atoms with Gasteiger partial charge in [0.05, 0.1) is 6.04 Å². The van der Waals surface area contributed by atoms with Gasteiger partial charge >= 0.3 is 5.97 Å². The molecule has 1 N–H and O–H groups in total. The van der Waals surface area contributed by atoms with Gasteiger partial charge < -0.3 is 5.11 Å². The van der Waals surface area contributed by atoms with Crippen molar-refractivity contribution in [2.24, 2.45) is 0 Å².